The summed E-state index contributed by atoms with van der Waals surface area (Å²) in [6, 6.07) is 12.4. The van der Waals surface area contributed by atoms with Gasteiger partial charge in [0.2, 0.25) is 0 Å². The summed E-state index contributed by atoms with van der Waals surface area (Å²) in [6.45, 7) is 5.85. The first-order chi connectivity index (χ1) is 13.1. The first-order valence-corrected chi connectivity index (χ1v) is 9.18. The molecule has 1 saturated heterocycles. The van der Waals surface area contributed by atoms with Gasteiger partial charge in [-0.3, -0.25) is 9.69 Å². The molecule has 1 aliphatic rings. The van der Waals surface area contributed by atoms with Crippen molar-refractivity contribution in [1.82, 2.24) is 9.80 Å². The number of piperazine rings is 1. The minimum absolute atomic E-state index is 0.00538. The first kappa shape index (κ1) is 19.2. The molecular formula is C21H25FN2O3. The molecule has 0 aliphatic carbocycles. The number of halogens is 1. The van der Waals surface area contributed by atoms with Gasteiger partial charge in [-0.15, -0.1) is 0 Å². The molecule has 0 atom stereocenters. The van der Waals surface area contributed by atoms with E-state index in [0.29, 0.717) is 37.6 Å². The van der Waals surface area contributed by atoms with Gasteiger partial charge in [0.15, 0.2) is 11.6 Å². The zero-order chi connectivity index (χ0) is 19.2. The Morgan fingerprint density at radius 1 is 1.07 bits per heavy atom. The molecule has 0 saturated carbocycles. The molecule has 27 heavy (non-hydrogen) atoms. The lowest BCUT2D eigenvalue weighted by Gasteiger charge is -2.35. The second-order valence-electron chi connectivity index (χ2n) is 6.47. The van der Waals surface area contributed by atoms with Gasteiger partial charge in [-0.2, -0.15) is 0 Å². The van der Waals surface area contributed by atoms with Crippen LogP contribution in [0.3, 0.4) is 0 Å². The smallest absolute Gasteiger partial charge is 0.257 e. The maximum atomic E-state index is 13.9. The largest absolute Gasteiger partial charge is 0.494 e. The quantitative estimate of drug-likeness (QED) is 0.781. The molecule has 3 rings (SSSR count). The summed E-state index contributed by atoms with van der Waals surface area (Å²) in [5.74, 6) is 0.522. The maximum absolute atomic E-state index is 13.9. The number of hydrogen-bond donors (Lipinski definition) is 0. The summed E-state index contributed by atoms with van der Waals surface area (Å²) in [4.78, 5) is 16.9. The van der Waals surface area contributed by atoms with Gasteiger partial charge in [-0.05, 0) is 36.8 Å². The Kier molecular flexibility index (Phi) is 6.29. The van der Waals surface area contributed by atoms with E-state index in [2.05, 4.69) is 4.90 Å². The lowest BCUT2D eigenvalue weighted by atomic mass is 10.1. The summed E-state index contributed by atoms with van der Waals surface area (Å²) in [5, 5.41) is 0. The normalized spacial score (nSPS) is 14.9. The Morgan fingerprint density at radius 3 is 2.48 bits per heavy atom. The number of carbonyl (C=O) groups excluding carboxylic acids is 1. The molecule has 1 amide bonds. The average molecular weight is 372 g/mol. The second-order valence-corrected chi connectivity index (χ2v) is 6.47. The predicted molar refractivity (Wildman–Crippen MR) is 102 cm³/mol. The second kappa shape index (κ2) is 8.86. The summed E-state index contributed by atoms with van der Waals surface area (Å²) in [5.41, 5.74) is 1.50. The van der Waals surface area contributed by atoms with Crippen LogP contribution in [-0.2, 0) is 6.54 Å². The van der Waals surface area contributed by atoms with Gasteiger partial charge in [0.25, 0.3) is 5.91 Å². The summed E-state index contributed by atoms with van der Waals surface area (Å²) < 4.78 is 24.4. The number of rotatable bonds is 6. The number of nitrogens with zero attached hydrogens (tertiary/aromatic N) is 2. The highest BCUT2D eigenvalue weighted by Crippen LogP contribution is 2.22. The van der Waals surface area contributed by atoms with Crippen molar-refractivity contribution in [2.45, 2.75) is 13.5 Å². The molecule has 2 aromatic carbocycles. The van der Waals surface area contributed by atoms with E-state index >= 15 is 0 Å². The number of carbonyl (C=O) groups is 1. The summed E-state index contributed by atoms with van der Waals surface area (Å²) in [6.07, 6.45) is 0. The third kappa shape index (κ3) is 4.57. The topological polar surface area (TPSA) is 42.0 Å². The first-order valence-electron chi connectivity index (χ1n) is 9.18. The van der Waals surface area contributed by atoms with Crippen LogP contribution in [0.15, 0.2) is 42.5 Å². The van der Waals surface area contributed by atoms with Crippen molar-refractivity contribution in [2.75, 3.05) is 39.9 Å². The molecule has 144 valence electrons. The standard InChI is InChI=1S/C21H25FN2O3/c1-3-27-19-7-5-4-6-17(19)21(25)24-12-10-23(11-13-24)15-16-8-9-20(26-2)18(22)14-16/h4-9,14H,3,10-13,15H2,1-2H3. The SMILES string of the molecule is CCOc1ccccc1C(=O)N1CCN(Cc2ccc(OC)c(F)c2)CC1. The summed E-state index contributed by atoms with van der Waals surface area (Å²) in [7, 11) is 1.46. The van der Waals surface area contributed by atoms with Crippen molar-refractivity contribution in [3.8, 4) is 11.5 Å². The van der Waals surface area contributed by atoms with E-state index in [1.165, 1.54) is 13.2 Å². The summed E-state index contributed by atoms with van der Waals surface area (Å²) >= 11 is 0. The molecule has 6 heteroatoms. The van der Waals surface area contributed by atoms with Crippen molar-refractivity contribution in [3.63, 3.8) is 0 Å². The Bertz CT molecular complexity index is 789. The third-order valence-corrected chi connectivity index (χ3v) is 4.70. The van der Waals surface area contributed by atoms with Gasteiger partial charge in [0.05, 0.1) is 19.3 Å². The van der Waals surface area contributed by atoms with E-state index < -0.39 is 0 Å². The minimum atomic E-state index is -0.351. The van der Waals surface area contributed by atoms with Crippen LogP contribution in [-0.4, -0.2) is 55.6 Å². The Labute approximate surface area is 159 Å². The molecule has 5 nitrogen and oxygen atoms in total. The fourth-order valence-corrected chi connectivity index (χ4v) is 3.27. The van der Waals surface area contributed by atoms with Crippen LogP contribution in [0.25, 0.3) is 0 Å². The highest BCUT2D eigenvalue weighted by Gasteiger charge is 2.24. The number of ether oxygens (including phenoxy) is 2. The number of para-hydroxylation sites is 1. The van der Waals surface area contributed by atoms with Gasteiger partial charge in [0.1, 0.15) is 5.75 Å². The van der Waals surface area contributed by atoms with E-state index in [0.717, 1.165) is 18.7 Å². The van der Waals surface area contributed by atoms with E-state index in [9.17, 15) is 9.18 Å². The fourth-order valence-electron chi connectivity index (χ4n) is 3.27. The van der Waals surface area contributed by atoms with E-state index in [4.69, 9.17) is 9.47 Å². The molecule has 1 aliphatic heterocycles. The van der Waals surface area contributed by atoms with Crippen LogP contribution in [0.5, 0.6) is 11.5 Å². The van der Waals surface area contributed by atoms with Crippen molar-refractivity contribution >= 4 is 5.91 Å². The Morgan fingerprint density at radius 2 is 1.81 bits per heavy atom. The lowest BCUT2D eigenvalue weighted by molar-refractivity contribution is 0.0624. The molecule has 0 spiro atoms. The molecule has 0 aromatic heterocycles. The van der Waals surface area contributed by atoms with Gasteiger partial charge < -0.3 is 14.4 Å². The Balaban J connectivity index is 1.59. The highest BCUT2D eigenvalue weighted by atomic mass is 19.1. The third-order valence-electron chi connectivity index (χ3n) is 4.70. The monoisotopic (exact) mass is 372 g/mol. The highest BCUT2D eigenvalue weighted by molar-refractivity contribution is 5.97. The number of benzene rings is 2. The average Bonchev–Trinajstić information content (AvgIpc) is 2.69. The zero-order valence-electron chi connectivity index (χ0n) is 15.8. The predicted octanol–water partition coefficient (Wildman–Crippen LogP) is 3.19. The molecule has 2 aromatic rings. The van der Waals surface area contributed by atoms with Crippen LogP contribution in [0.1, 0.15) is 22.8 Å². The molecule has 1 heterocycles. The van der Waals surface area contributed by atoms with Crippen LogP contribution in [0, 0.1) is 5.82 Å². The van der Waals surface area contributed by atoms with Crippen LogP contribution < -0.4 is 9.47 Å². The molecule has 1 fully saturated rings. The molecule has 0 unspecified atom stereocenters. The number of methoxy groups -OCH3 is 1. The fraction of sp³-hybridized carbons (Fsp3) is 0.381. The van der Waals surface area contributed by atoms with Crippen LogP contribution in [0.2, 0.25) is 0 Å². The minimum Gasteiger partial charge on any atom is -0.494 e. The van der Waals surface area contributed by atoms with E-state index in [1.807, 2.05) is 36.1 Å². The van der Waals surface area contributed by atoms with Gasteiger partial charge in [-0.25, -0.2) is 4.39 Å². The van der Waals surface area contributed by atoms with Crippen LogP contribution >= 0.6 is 0 Å². The van der Waals surface area contributed by atoms with Crippen molar-refractivity contribution in [2.24, 2.45) is 0 Å². The Hall–Kier alpha value is -2.60. The van der Waals surface area contributed by atoms with E-state index in [-0.39, 0.29) is 17.5 Å². The molecule has 0 N–H and O–H groups in total. The van der Waals surface area contributed by atoms with Crippen molar-refractivity contribution < 1.29 is 18.7 Å². The molecule has 0 bridgehead atoms. The van der Waals surface area contributed by atoms with Gasteiger partial charge >= 0.3 is 0 Å². The van der Waals surface area contributed by atoms with Crippen LogP contribution in [0.4, 0.5) is 4.39 Å². The zero-order valence-corrected chi connectivity index (χ0v) is 15.8. The van der Waals surface area contributed by atoms with Gasteiger partial charge in [-0.1, -0.05) is 18.2 Å². The van der Waals surface area contributed by atoms with Crippen molar-refractivity contribution in [1.29, 1.82) is 0 Å². The number of hydrogen-bond acceptors (Lipinski definition) is 4. The maximum Gasteiger partial charge on any atom is 0.257 e. The van der Waals surface area contributed by atoms with Crippen molar-refractivity contribution in [3.05, 3.63) is 59.4 Å². The number of amides is 1. The lowest BCUT2D eigenvalue weighted by Crippen LogP contribution is -2.48. The molecule has 0 radical (unpaired) electrons. The molecular weight excluding hydrogens is 347 g/mol. The van der Waals surface area contributed by atoms with Gasteiger partial charge in [0, 0.05) is 32.7 Å². The van der Waals surface area contributed by atoms with E-state index in [1.54, 1.807) is 12.1 Å².